The first-order chi connectivity index (χ1) is 12.6. The van der Waals surface area contributed by atoms with Crippen molar-refractivity contribution in [3.63, 3.8) is 0 Å². The third-order valence-corrected chi connectivity index (χ3v) is 5.05. The Labute approximate surface area is 156 Å². The van der Waals surface area contributed by atoms with Gasteiger partial charge in [0, 0.05) is 22.9 Å². The SMILES string of the molecule is CS(=O)(=O)c1cc(F)c(-n2nc(C(F)F)cc2-c2cccc(Cl)c2)cc1F. The Morgan fingerprint density at radius 3 is 2.37 bits per heavy atom. The zero-order valence-electron chi connectivity index (χ0n) is 13.6. The van der Waals surface area contributed by atoms with Crippen LogP contribution in [-0.2, 0) is 9.84 Å². The van der Waals surface area contributed by atoms with Gasteiger partial charge >= 0.3 is 0 Å². The number of nitrogens with zero attached hydrogens (tertiary/aromatic N) is 2. The van der Waals surface area contributed by atoms with E-state index >= 15 is 0 Å². The fraction of sp³-hybridized carbons (Fsp3) is 0.118. The van der Waals surface area contributed by atoms with Crippen LogP contribution in [0.2, 0.25) is 5.02 Å². The molecule has 27 heavy (non-hydrogen) atoms. The molecule has 0 saturated heterocycles. The number of hydrogen-bond donors (Lipinski definition) is 0. The molecule has 3 rings (SSSR count). The van der Waals surface area contributed by atoms with Crippen LogP contribution >= 0.6 is 11.6 Å². The zero-order chi connectivity index (χ0) is 19.9. The summed E-state index contributed by atoms with van der Waals surface area (Å²) in [6.07, 6.45) is -2.22. The van der Waals surface area contributed by atoms with Crippen molar-refractivity contribution >= 4 is 21.4 Å². The second kappa shape index (κ2) is 6.97. The number of sulfone groups is 1. The molecule has 10 heteroatoms. The smallest absolute Gasteiger partial charge is 0.230 e. The maximum Gasteiger partial charge on any atom is 0.282 e. The summed E-state index contributed by atoms with van der Waals surface area (Å²) in [6.45, 7) is 0. The summed E-state index contributed by atoms with van der Waals surface area (Å²) < 4.78 is 78.8. The van der Waals surface area contributed by atoms with Gasteiger partial charge in [0.15, 0.2) is 9.84 Å². The highest BCUT2D eigenvalue weighted by Gasteiger charge is 2.23. The van der Waals surface area contributed by atoms with E-state index in [1.807, 2.05) is 0 Å². The van der Waals surface area contributed by atoms with Crippen molar-refractivity contribution in [3.05, 3.63) is 64.8 Å². The molecule has 0 aliphatic heterocycles. The lowest BCUT2D eigenvalue weighted by atomic mass is 10.1. The minimum Gasteiger partial charge on any atom is -0.230 e. The molecule has 0 radical (unpaired) electrons. The topological polar surface area (TPSA) is 52.0 Å². The zero-order valence-corrected chi connectivity index (χ0v) is 15.2. The molecule has 4 nitrogen and oxygen atoms in total. The molecule has 0 amide bonds. The van der Waals surface area contributed by atoms with Gasteiger partial charge in [0.25, 0.3) is 6.43 Å². The molecule has 0 aliphatic carbocycles. The molecule has 0 bridgehead atoms. The minimum absolute atomic E-state index is 0.0400. The van der Waals surface area contributed by atoms with Gasteiger partial charge in [-0.15, -0.1) is 0 Å². The van der Waals surface area contributed by atoms with Crippen LogP contribution in [0.15, 0.2) is 47.4 Å². The number of rotatable bonds is 4. The predicted octanol–water partition coefficient (Wildman–Crippen LogP) is 4.81. The molecule has 2 aromatic carbocycles. The summed E-state index contributed by atoms with van der Waals surface area (Å²) in [4.78, 5) is -0.839. The van der Waals surface area contributed by atoms with E-state index in [0.29, 0.717) is 22.7 Å². The predicted molar refractivity (Wildman–Crippen MR) is 92.0 cm³/mol. The van der Waals surface area contributed by atoms with E-state index in [1.165, 1.54) is 12.1 Å². The molecular weight excluding hydrogens is 408 g/mol. The monoisotopic (exact) mass is 418 g/mol. The lowest BCUT2D eigenvalue weighted by Crippen LogP contribution is -2.08. The van der Waals surface area contributed by atoms with Crippen LogP contribution < -0.4 is 0 Å². The Morgan fingerprint density at radius 1 is 1.07 bits per heavy atom. The molecular formula is C17H11ClF4N2O2S. The summed E-state index contributed by atoms with van der Waals surface area (Å²) in [7, 11) is -4.01. The van der Waals surface area contributed by atoms with E-state index in [2.05, 4.69) is 5.10 Å². The maximum atomic E-state index is 14.5. The van der Waals surface area contributed by atoms with Crippen LogP contribution in [0.5, 0.6) is 0 Å². The van der Waals surface area contributed by atoms with Gasteiger partial charge in [0.2, 0.25) is 0 Å². The quantitative estimate of drug-likeness (QED) is 0.571. The average molecular weight is 419 g/mol. The Balaban J connectivity index is 2.27. The molecule has 0 N–H and O–H groups in total. The van der Waals surface area contributed by atoms with Gasteiger partial charge in [-0.2, -0.15) is 5.10 Å². The summed E-state index contributed by atoms with van der Waals surface area (Å²) in [5.74, 6) is -2.36. The van der Waals surface area contributed by atoms with E-state index in [4.69, 9.17) is 11.6 Å². The summed E-state index contributed by atoms with van der Waals surface area (Å²) in [6, 6.07) is 8.21. The van der Waals surface area contributed by atoms with Crippen molar-refractivity contribution in [2.24, 2.45) is 0 Å². The molecule has 0 saturated carbocycles. The first-order valence-corrected chi connectivity index (χ1v) is 9.68. The van der Waals surface area contributed by atoms with Crippen LogP contribution in [0.25, 0.3) is 16.9 Å². The van der Waals surface area contributed by atoms with Crippen LogP contribution in [-0.4, -0.2) is 24.5 Å². The molecule has 0 fully saturated rings. The summed E-state index contributed by atoms with van der Waals surface area (Å²) in [5.41, 5.74) is -0.786. The van der Waals surface area contributed by atoms with Gasteiger partial charge in [-0.1, -0.05) is 23.7 Å². The van der Waals surface area contributed by atoms with Crippen LogP contribution in [0.1, 0.15) is 12.1 Å². The highest BCUT2D eigenvalue weighted by molar-refractivity contribution is 7.90. The van der Waals surface area contributed by atoms with Gasteiger partial charge in [-0.25, -0.2) is 30.7 Å². The normalized spacial score (nSPS) is 12.0. The van der Waals surface area contributed by atoms with Crippen LogP contribution in [0.4, 0.5) is 17.6 Å². The van der Waals surface area contributed by atoms with Crippen molar-refractivity contribution in [1.29, 1.82) is 0 Å². The fourth-order valence-corrected chi connectivity index (χ4v) is 3.43. The van der Waals surface area contributed by atoms with Gasteiger partial charge in [-0.3, -0.25) is 0 Å². The standard InChI is InChI=1S/C17H11ClF4N2O2S/c1-27(25,26)16-7-11(19)15(6-12(16)20)24-14(8-13(23-24)17(21)22)9-3-2-4-10(18)5-9/h2-8,17H,1H3. The highest BCUT2D eigenvalue weighted by Crippen LogP contribution is 2.31. The number of halogens is 5. The van der Waals surface area contributed by atoms with Gasteiger partial charge < -0.3 is 0 Å². The average Bonchev–Trinajstić information content (AvgIpc) is 3.01. The summed E-state index contributed by atoms with van der Waals surface area (Å²) >= 11 is 5.91. The Morgan fingerprint density at radius 2 is 1.78 bits per heavy atom. The van der Waals surface area contributed by atoms with E-state index in [1.54, 1.807) is 12.1 Å². The first kappa shape index (κ1) is 19.4. The second-order valence-corrected chi connectivity index (χ2v) is 8.10. The number of aromatic nitrogens is 2. The van der Waals surface area contributed by atoms with Crippen molar-refractivity contribution in [2.75, 3.05) is 6.26 Å². The molecule has 0 aliphatic rings. The molecule has 0 unspecified atom stereocenters. The van der Waals surface area contributed by atoms with Crippen molar-refractivity contribution in [2.45, 2.75) is 11.3 Å². The van der Waals surface area contributed by atoms with Crippen LogP contribution in [0, 0.1) is 11.6 Å². The Hall–Kier alpha value is -2.39. The second-order valence-electron chi connectivity index (χ2n) is 5.68. The number of benzene rings is 2. The van der Waals surface area contributed by atoms with Crippen LogP contribution in [0.3, 0.4) is 0 Å². The highest BCUT2D eigenvalue weighted by atomic mass is 35.5. The molecule has 1 heterocycles. The molecule has 0 atom stereocenters. The van der Waals surface area contributed by atoms with Crippen molar-refractivity contribution in [1.82, 2.24) is 9.78 Å². The van der Waals surface area contributed by atoms with Gasteiger partial charge in [0.05, 0.1) is 5.69 Å². The van der Waals surface area contributed by atoms with E-state index < -0.39 is 44.2 Å². The van der Waals surface area contributed by atoms with Gasteiger partial charge in [-0.05, 0) is 24.3 Å². The Bertz CT molecular complexity index is 1130. The van der Waals surface area contributed by atoms with Crippen molar-refractivity contribution < 1.29 is 26.0 Å². The van der Waals surface area contributed by atoms with Gasteiger partial charge in [0.1, 0.15) is 27.9 Å². The minimum atomic E-state index is -4.01. The third-order valence-electron chi connectivity index (χ3n) is 3.70. The number of hydrogen-bond acceptors (Lipinski definition) is 3. The molecule has 142 valence electrons. The van der Waals surface area contributed by atoms with E-state index in [-0.39, 0.29) is 5.69 Å². The summed E-state index contributed by atoms with van der Waals surface area (Å²) in [5, 5.41) is 3.95. The molecule has 0 spiro atoms. The largest absolute Gasteiger partial charge is 0.282 e. The maximum absolute atomic E-state index is 14.5. The lowest BCUT2D eigenvalue weighted by Gasteiger charge is -2.11. The lowest BCUT2D eigenvalue weighted by molar-refractivity contribution is 0.145. The van der Waals surface area contributed by atoms with E-state index in [9.17, 15) is 26.0 Å². The fourth-order valence-electron chi connectivity index (χ4n) is 2.51. The van der Waals surface area contributed by atoms with Crippen molar-refractivity contribution in [3.8, 4) is 16.9 Å². The Kier molecular flexibility index (Phi) is 5.00. The molecule has 3 aromatic rings. The van der Waals surface area contributed by atoms with E-state index in [0.717, 1.165) is 17.0 Å². The molecule has 1 aromatic heterocycles. The first-order valence-electron chi connectivity index (χ1n) is 7.41. The number of alkyl halides is 2. The third kappa shape index (κ3) is 3.84.